The molecule has 1 saturated heterocycles. The highest BCUT2D eigenvalue weighted by molar-refractivity contribution is 4.98. The van der Waals surface area contributed by atoms with Crippen molar-refractivity contribution in [1.82, 2.24) is 10.2 Å². The minimum absolute atomic E-state index is 0.666. The van der Waals surface area contributed by atoms with Gasteiger partial charge in [-0.1, -0.05) is 45.8 Å². The minimum atomic E-state index is 0.666. The Hall–Kier alpha value is -0.340. The van der Waals surface area contributed by atoms with Crippen molar-refractivity contribution in [3.05, 3.63) is 11.6 Å². The molecule has 0 spiro atoms. The molecule has 1 fully saturated rings. The van der Waals surface area contributed by atoms with Crippen LogP contribution in [0.4, 0.5) is 0 Å². The topological polar surface area (TPSA) is 15.3 Å². The number of nitrogens with zero attached hydrogens (tertiary/aromatic N) is 1. The van der Waals surface area contributed by atoms with E-state index >= 15 is 0 Å². The number of rotatable bonds is 6. The zero-order valence-corrected chi connectivity index (χ0v) is 13.9. The second kappa shape index (κ2) is 8.06. The van der Waals surface area contributed by atoms with Crippen LogP contribution in [0.2, 0.25) is 0 Å². The molecule has 0 saturated carbocycles. The molecule has 0 aromatic heterocycles. The van der Waals surface area contributed by atoms with Crippen molar-refractivity contribution >= 4 is 0 Å². The normalized spacial score (nSPS) is 26.5. The molecule has 0 aromatic carbocycles. The molecule has 1 aliphatic rings. The van der Waals surface area contributed by atoms with Gasteiger partial charge in [0.15, 0.2) is 0 Å². The van der Waals surface area contributed by atoms with E-state index in [1.54, 1.807) is 0 Å². The van der Waals surface area contributed by atoms with Crippen LogP contribution in [-0.4, -0.2) is 36.6 Å². The maximum absolute atomic E-state index is 3.78. The lowest BCUT2D eigenvalue weighted by Gasteiger charge is -2.42. The summed E-state index contributed by atoms with van der Waals surface area (Å²) in [7, 11) is 0. The standard InChI is InChI=1S/C17H34N2/c1-7-15(6)17-12-19(9-8-13(2)3)16(11-18-17)10-14(4)5/h8,14-18H,7,9-12H2,1-6H3. The lowest BCUT2D eigenvalue weighted by molar-refractivity contribution is 0.107. The molecule has 1 heterocycles. The SMILES string of the molecule is CCC(C)C1CN(CC=C(C)C)C(CC(C)C)CN1. The molecule has 0 aliphatic carbocycles. The van der Waals surface area contributed by atoms with E-state index in [4.69, 9.17) is 0 Å². The molecule has 112 valence electrons. The Kier molecular flexibility index (Phi) is 7.09. The van der Waals surface area contributed by atoms with E-state index in [0.717, 1.165) is 24.9 Å². The van der Waals surface area contributed by atoms with Crippen LogP contribution in [0.25, 0.3) is 0 Å². The zero-order valence-electron chi connectivity index (χ0n) is 13.9. The van der Waals surface area contributed by atoms with Gasteiger partial charge in [-0.3, -0.25) is 4.90 Å². The van der Waals surface area contributed by atoms with Gasteiger partial charge in [0.05, 0.1) is 0 Å². The first kappa shape index (κ1) is 16.7. The number of allylic oxidation sites excluding steroid dienone is 1. The van der Waals surface area contributed by atoms with Crippen LogP contribution >= 0.6 is 0 Å². The van der Waals surface area contributed by atoms with Crippen molar-refractivity contribution in [2.75, 3.05) is 19.6 Å². The van der Waals surface area contributed by atoms with Gasteiger partial charge < -0.3 is 5.32 Å². The van der Waals surface area contributed by atoms with E-state index in [2.05, 4.69) is 57.8 Å². The Morgan fingerprint density at radius 2 is 2.00 bits per heavy atom. The number of piperazine rings is 1. The zero-order chi connectivity index (χ0) is 14.4. The van der Waals surface area contributed by atoms with Gasteiger partial charge in [0, 0.05) is 31.7 Å². The third kappa shape index (κ3) is 5.66. The summed E-state index contributed by atoms with van der Waals surface area (Å²) in [4.78, 5) is 2.69. The Bertz CT molecular complexity index is 279. The summed E-state index contributed by atoms with van der Waals surface area (Å²) >= 11 is 0. The van der Waals surface area contributed by atoms with Crippen LogP contribution in [0.5, 0.6) is 0 Å². The van der Waals surface area contributed by atoms with Gasteiger partial charge in [-0.15, -0.1) is 0 Å². The van der Waals surface area contributed by atoms with Crippen LogP contribution in [0, 0.1) is 11.8 Å². The molecule has 0 radical (unpaired) electrons. The maximum Gasteiger partial charge on any atom is 0.0227 e. The highest BCUT2D eigenvalue weighted by Gasteiger charge is 2.29. The second-order valence-electron chi connectivity index (χ2n) is 6.92. The van der Waals surface area contributed by atoms with Gasteiger partial charge >= 0.3 is 0 Å². The van der Waals surface area contributed by atoms with Crippen molar-refractivity contribution in [2.45, 2.75) is 66.5 Å². The summed E-state index contributed by atoms with van der Waals surface area (Å²) in [6, 6.07) is 1.37. The summed E-state index contributed by atoms with van der Waals surface area (Å²) in [5, 5.41) is 3.78. The summed E-state index contributed by atoms with van der Waals surface area (Å²) in [5.41, 5.74) is 1.43. The van der Waals surface area contributed by atoms with Gasteiger partial charge in [-0.25, -0.2) is 0 Å². The lowest BCUT2D eigenvalue weighted by Crippen LogP contribution is -2.58. The van der Waals surface area contributed by atoms with E-state index in [1.165, 1.54) is 25.0 Å². The van der Waals surface area contributed by atoms with Gasteiger partial charge in [-0.2, -0.15) is 0 Å². The molecule has 19 heavy (non-hydrogen) atoms. The average molecular weight is 266 g/mol. The molecular weight excluding hydrogens is 232 g/mol. The highest BCUT2D eigenvalue weighted by atomic mass is 15.2. The van der Waals surface area contributed by atoms with Gasteiger partial charge in [-0.05, 0) is 32.1 Å². The first-order valence-electron chi connectivity index (χ1n) is 8.04. The van der Waals surface area contributed by atoms with E-state index in [0.29, 0.717) is 12.1 Å². The molecule has 0 amide bonds. The lowest BCUT2D eigenvalue weighted by atomic mass is 9.93. The molecule has 3 atom stereocenters. The molecule has 0 bridgehead atoms. The fourth-order valence-corrected chi connectivity index (χ4v) is 2.85. The first-order chi connectivity index (χ1) is 8.93. The van der Waals surface area contributed by atoms with Crippen molar-refractivity contribution in [2.24, 2.45) is 11.8 Å². The summed E-state index contributed by atoms with van der Waals surface area (Å²) < 4.78 is 0. The van der Waals surface area contributed by atoms with Gasteiger partial charge in [0.1, 0.15) is 0 Å². The predicted octanol–water partition coefficient (Wildman–Crippen LogP) is 3.69. The third-order valence-corrected chi connectivity index (χ3v) is 4.37. The van der Waals surface area contributed by atoms with Crippen LogP contribution < -0.4 is 5.32 Å². The van der Waals surface area contributed by atoms with Crippen molar-refractivity contribution in [3.8, 4) is 0 Å². The van der Waals surface area contributed by atoms with Crippen LogP contribution in [0.1, 0.15) is 54.4 Å². The van der Waals surface area contributed by atoms with Crippen LogP contribution in [0.3, 0.4) is 0 Å². The van der Waals surface area contributed by atoms with Crippen LogP contribution in [-0.2, 0) is 0 Å². The van der Waals surface area contributed by atoms with Crippen molar-refractivity contribution < 1.29 is 0 Å². The Morgan fingerprint density at radius 1 is 1.32 bits per heavy atom. The van der Waals surface area contributed by atoms with Crippen molar-refractivity contribution in [1.29, 1.82) is 0 Å². The summed E-state index contributed by atoms with van der Waals surface area (Å²) in [5.74, 6) is 1.55. The molecule has 2 nitrogen and oxygen atoms in total. The van der Waals surface area contributed by atoms with Crippen LogP contribution in [0.15, 0.2) is 11.6 Å². The average Bonchev–Trinajstić information content (AvgIpc) is 2.35. The summed E-state index contributed by atoms with van der Waals surface area (Å²) in [6.45, 7) is 17.2. The number of hydrogen-bond acceptors (Lipinski definition) is 2. The monoisotopic (exact) mass is 266 g/mol. The molecule has 1 aliphatic heterocycles. The number of hydrogen-bond donors (Lipinski definition) is 1. The van der Waals surface area contributed by atoms with Gasteiger partial charge in [0.2, 0.25) is 0 Å². The quantitative estimate of drug-likeness (QED) is 0.738. The predicted molar refractivity (Wildman–Crippen MR) is 85.5 cm³/mol. The molecule has 1 N–H and O–H groups in total. The largest absolute Gasteiger partial charge is 0.311 e. The number of nitrogens with one attached hydrogen (secondary N) is 1. The van der Waals surface area contributed by atoms with E-state index in [-0.39, 0.29) is 0 Å². The Morgan fingerprint density at radius 3 is 2.53 bits per heavy atom. The second-order valence-corrected chi connectivity index (χ2v) is 6.92. The summed E-state index contributed by atoms with van der Waals surface area (Å²) in [6.07, 6.45) is 4.95. The van der Waals surface area contributed by atoms with Gasteiger partial charge in [0.25, 0.3) is 0 Å². The van der Waals surface area contributed by atoms with E-state index in [9.17, 15) is 0 Å². The fourth-order valence-electron chi connectivity index (χ4n) is 2.85. The Balaban J connectivity index is 2.65. The molecule has 3 unspecified atom stereocenters. The Labute approximate surface area is 120 Å². The third-order valence-electron chi connectivity index (χ3n) is 4.37. The maximum atomic E-state index is 3.78. The first-order valence-corrected chi connectivity index (χ1v) is 8.04. The minimum Gasteiger partial charge on any atom is -0.311 e. The smallest absolute Gasteiger partial charge is 0.0227 e. The molecular formula is C17H34N2. The van der Waals surface area contributed by atoms with E-state index in [1.807, 2.05) is 0 Å². The molecule has 1 rings (SSSR count). The van der Waals surface area contributed by atoms with Crippen molar-refractivity contribution in [3.63, 3.8) is 0 Å². The van der Waals surface area contributed by atoms with E-state index < -0.39 is 0 Å². The molecule has 2 heteroatoms. The fraction of sp³-hybridized carbons (Fsp3) is 0.882. The molecule has 0 aromatic rings. The highest BCUT2D eigenvalue weighted by Crippen LogP contribution is 2.19.